The van der Waals surface area contributed by atoms with Crippen LogP contribution in [0.15, 0.2) is 63.9 Å². The number of H-pyrrole nitrogens is 1. The molecule has 2 aromatic carbocycles. The average Bonchev–Trinajstić information content (AvgIpc) is 3.08. The standard InChI is InChI=1S/C18H13F2N3O4/c19-17(20)26-14-8-1-11(2-9-14)3-10-15(24)21-13-6-4-12(5-7-13)16-22-18(25)27-23-16/h1-10,17H,(H,21,24)(H,22,23,25). The maximum absolute atomic E-state index is 12.1. The van der Waals surface area contributed by atoms with E-state index in [0.29, 0.717) is 16.8 Å². The molecule has 9 heteroatoms. The lowest BCUT2D eigenvalue weighted by Crippen LogP contribution is -2.07. The summed E-state index contributed by atoms with van der Waals surface area (Å²) in [4.78, 5) is 25.3. The Morgan fingerprint density at radius 3 is 2.44 bits per heavy atom. The third-order valence-corrected chi connectivity index (χ3v) is 3.40. The molecule has 0 spiro atoms. The molecule has 0 fully saturated rings. The van der Waals surface area contributed by atoms with E-state index >= 15 is 0 Å². The minimum Gasteiger partial charge on any atom is -0.435 e. The van der Waals surface area contributed by atoms with Crippen molar-refractivity contribution in [1.29, 1.82) is 0 Å². The maximum atomic E-state index is 12.1. The summed E-state index contributed by atoms with van der Waals surface area (Å²) in [7, 11) is 0. The number of halogens is 2. The quantitative estimate of drug-likeness (QED) is 0.646. The van der Waals surface area contributed by atoms with Crippen molar-refractivity contribution in [2.24, 2.45) is 0 Å². The Labute approximate surface area is 151 Å². The molecular formula is C18H13F2N3O4. The van der Waals surface area contributed by atoms with Gasteiger partial charge in [0.15, 0.2) is 5.82 Å². The molecule has 0 radical (unpaired) electrons. The highest BCUT2D eigenvalue weighted by atomic mass is 19.3. The molecule has 7 nitrogen and oxygen atoms in total. The topological polar surface area (TPSA) is 97.2 Å². The predicted molar refractivity (Wildman–Crippen MR) is 93.3 cm³/mol. The van der Waals surface area contributed by atoms with E-state index in [2.05, 4.69) is 24.7 Å². The van der Waals surface area contributed by atoms with Crippen molar-refractivity contribution in [3.63, 3.8) is 0 Å². The number of hydrogen-bond donors (Lipinski definition) is 2. The Balaban J connectivity index is 1.58. The Morgan fingerprint density at radius 2 is 1.85 bits per heavy atom. The summed E-state index contributed by atoms with van der Waals surface area (Å²) in [5, 5.41) is 6.24. The zero-order chi connectivity index (χ0) is 19.2. The van der Waals surface area contributed by atoms with Crippen LogP contribution in [0.1, 0.15) is 5.56 Å². The maximum Gasteiger partial charge on any atom is 0.439 e. The number of anilines is 1. The highest BCUT2D eigenvalue weighted by molar-refractivity contribution is 6.02. The van der Waals surface area contributed by atoms with Gasteiger partial charge in [-0.05, 0) is 48.0 Å². The second-order valence-electron chi connectivity index (χ2n) is 5.29. The first-order chi connectivity index (χ1) is 13.0. The van der Waals surface area contributed by atoms with Gasteiger partial charge in [0, 0.05) is 17.3 Å². The van der Waals surface area contributed by atoms with Crippen LogP contribution in [-0.4, -0.2) is 22.7 Å². The summed E-state index contributed by atoms with van der Waals surface area (Å²) in [5.41, 5.74) is 1.82. The number of amides is 1. The number of ether oxygens (including phenoxy) is 1. The van der Waals surface area contributed by atoms with Gasteiger partial charge in [-0.1, -0.05) is 17.3 Å². The molecule has 0 saturated carbocycles. The van der Waals surface area contributed by atoms with Crippen molar-refractivity contribution >= 4 is 17.7 Å². The Kier molecular flexibility index (Phi) is 5.41. The molecule has 0 aliphatic carbocycles. The minimum atomic E-state index is -2.88. The number of benzene rings is 2. The molecule has 1 heterocycles. The van der Waals surface area contributed by atoms with Gasteiger partial charge in [-0.25, -0.2) is 4.79 Å². The monoisotopic (exact) mass is 373 g/mol. The third kappa shape index (κ3) is 5.11. The van der Waals surface area contributed by atoms with Gasteiger partial charge in [-0.2, -0.15) is 8.78 Å². The second kappa shape index (κ2) is 8.09. The number of nitrogens with one attached hydrogen (secondary N) is 2. The second-order valence-corrected chi connectivity index (χ2v) is 5.29. The lowest BCUT2D eigenvalue weighted by Gasteiger charge is -2.04. The molecule has 3 rings (SSSR count). The van der Waals surface area contributed by atoms with Crippen LogP contribution in [0.5, 0.6) is 5.75 Å². The summed E-state index contributed by atoms with van der Waals surface area (Å²) >= 11 is 0. The highest BCUT2D eigenvalue weighted by Crippen LogP contribution is 2.18. The molecule has 0 bridgehead atoms. The fourth-order valence-electron chi connectivity index (χ4n) is 2.18. The van der Waals surface area contributed by atoms with E-state index in [1.165, 1.54) is 24.3 Å². The van der Waals surface area contributed by atoms with Gasteiger partial charge in [0.25, 0.3) is 0 Å². The van der Waals surface area contributed by atoms with Crippen LogP contribution in [-0.2, 0) is 4.79 Å². The Hall–Kier alpha value is -3.75. The number of rotatable bonds is 6. The van der Waals surface area contributed by atoms with Gasteiger partial charge in [0.05, 0.1) is 0 Å². The number of carbonyl (C=O) groups excluding carboxylic acids is 1. The van der Waals surface area contributed by atoms with Crippen molar-refractivity contribution in [2.75, 3.05) is 5.32 Å². The largest absolute Gasteiger partial charge is 0.439 e. The van der Waals surface area contributed by atoms with Gasteiger partial charge < -0.3 is 10.1 Å². The first kappa shape index (κ1) is 18.1. The van der Waals surface area contributed by atoms with Crippen molar-refractivity contribution in [1.82, 2.24) is 10.1 Å². The molecular weight excluding hydrogens is 360 g/mol. The van der Waals surface area contributed by atoms with Crippen LogP contribution < -0.4 is 15.8 Å². The number of alkyl halides is 2. The van der Waals surface area contributed by atoms with Crippen molar-refractivity contribution < 1.29 is 22.8 Å². The number of aromatic amines is 1. The van der Waals surface area contributed by atoms with Gasteiger partial charge in [0.2, 0.25) is 5.91 Å². The first-order valence-electron chi connectivity index (χ1n) is 7.70. The number of hydrogen-bond acceptors (Lipinski definition) is 5. The molecule has 0 aliphatic heterocycles. The zero-order valence-corrected chi connectivity index (χ0v) is 13.7. The molecule has 0 atom stereocenters. The van der Waals surface area contributed by atoms with E-state index in [4.69, 9.17) is 0 Å². The number of carbonyl (C=O) groups is 1. The summed E-state index contributed by atoms with van der Waals surface area (Å²) < 4.78 is 32.9. The summed E-state index contributed by atoms with van der Waals surface area (Å²) in [6.07, 6.45) is 2.85. The van der Waals surface area contributed by atoms with Crippen LogP contribution in [0.2, 0.25) is 0 Å². The molecule has 27 heavy (non-hydrogen) atoms. The minimum absolute atomic E-state index is 0.0418. The van der Waals surface area contributed by atoms with E-state index < -0.39 is 12.4 Å². The highest BCUT2D eigenvalue weighted by Gasteiger charge is 2.05. The van der Waals surface area contributed by atoms with Gasteiger partial charge in [0.1, 0.15) is 5.75 Å². The van der Waals surface area contributed by atoms with E-state index in [-0.39, 0.29) is 17.5 Å². The smallest absolute Gasteiger partial charge is 0.435 e. The van der Waals surface area contributed by atoms with E-state index in [1.807, 2.05) is 0 Å². The van der Waals surface area contributed by atoms with Crippen LogP contribution in [0.4, 0.5) is 14.5 Å². The van der Waals surface area contributed by atoms with Crippen LogP contribution in [0, 0.1) is 0 Å². The van der Waals surface area contributed by atoms with Crippen LogP contribution >= 0.6 is 0 Å². The molecule has 0 saturated heterocycles. The third-order valence-electron chi connectivity index (χ3n) is 3.40. The lowest BCUT2D eigenvalue weighted by atomic mass is 10.2. The normalized spacial score (nSPS) is 11.1. The fraction of sp³-hybridized carbons (Fsp3) is 0.0556. The fourth-order valence-corrected chi connectivity index (χ4v) is 2.18. The van der Waals surface area contributed by atoms with E-state index in [9.17, 15) is 18.4 Å². The van der Waals surface area contributed by atoms with Gasteiger partial charge in [-0.3, -0.25) is 14.3 Å². The number of aromatic nitrogens is 2. The molecule has 0 unspecified atom stereocenters. The van der Waals surface area contributed by atoms with E-state index in [0.717, 1.165) is 0 Å². The van der Waals surface area contributed by atoms with E-state index in [1.54, 1.807) is 36.4 Å². The molecule has 1 aromatic heterocycles. The van der Waals surface area contributed by atoms with Gasteiger partial charge >= 0.3 is 12.4 Å². The molecule has 1 amide bonds. The van der Waals surface area contributed by atoms with Crippen molar-refractivity contribution in [2.45, 2.75) is 6.61 Å². The summed E-state index contributed by atoms with van der Waals surface area (Å²) in [5.74, 6) is -0.691. The average molecular weight is 373 g/mol. The predicted octanol–water partition coefficient (Wildman–Crippen LogP) is 3.28. The lowest BCUT2D eigenvalue weighted by molar-refractivity contribution is -0.111. The molecule has 138 valence electrons. The first-order valence-corrected chi connectivity index (χ1v) is 7.70. The zero-order valence-electron chi connectivity index (χ0n) is 13.7. The summed E-state index contributed by atoms with van der Waals surface area (Å²) in [6, 6.07) is 12.5. The molecule has 0 aliphatic rings. The van der Waals surface area contributed by atoms with Crippen LogP contribution in [0.3, 0.4) is 0 Å². The van der Waals surface area contributed by atoms with Crippen molar-refractivity contribution in [3.05, 3.63) is 70.7 Å². The Morgan fingerprint density at radius 1 is 1.15 bits per heavy atom. The Bertz CT molecular complexity index is 992. The molecule has 2 N–H and O–H groups in total. The molecule has 3 aromatic rings. The SMILES string of the molecule is O=C(C=Cc1ccc(OC(F)F)cc1)Nc1ccc(-c2noc(=O)[nH]2)cc1. The van der Waals surface area contributed by atoms with Gasteiger partial charge in [-0.15, -0.1) is 0 Å². The summed E-state index contributed by atoms with van der Waals surface area (Å²) in [6.45, 7) is -2.88. The van der Waals surface area contributed by atoms with Crippen LogP contribution in [0.25, 0.3) is 17.5 Å². The number of nitrogens with zero attached hydrogens (tertiary/aromatic N) is 1. The van der Waals surface area contributed by atoms with Crippen molar-refractivity contribution in [3.8, 4) is 17.1 Å².